The first kappa shape index (κ1) is 21.7. The van der Waals surface area contributed by atoms with E-state index in [1.807, 2.05) is 43.1 Å². The number of hydrogen-bond acceptors (Lipinski definition) is 6. The number of aliphatic imine (C=N–C) groups is 2. The van der Waals surface area contributed by atoms with Crippen LogP contribution in [0.2, 0.25) is 0 Å². The van der Waals surface area contributed by atoms with Crippen molar-refractivity contribution < 1.29 is 4.74 Å². The topological polar surface area (TPSA) is 78.5 Å². The molecule has 0 bridgehead atoms. The molecule has 28 heavy (non-hydrogen) atoms. The summed E-state index contributed by atoms with van der Waals surface area (Å²) in [4.78, 5) is 11.5. The molecule has 2 heterocycles. The van der Waals surface area contributed by atoms with Gasteiger partial charge >= 0.3 is 0 Å². The van der Waals surface area contributed by atoms with Gasteiger partial charge in [0.2, 0.25) is 0 Å². The third-order valence-corrected chi connectivity index (χ3v) is 4.52. The molecule has 0 aliphatic carbocycles. The lowest BCUT2D eigenvalue weighted by Crippen LogP contribution is -2.41. The molecule has 152 valence electrons. The maximum Gasteiger partial charge on any atom is 0.179 e. The summed E-state index contributed by atoms with van der Waals surface area (Å²) >= 11 is 0. The fourth-order valence-corrected chi connectivity index (χ4v) is 2.98. The minimum absolute atomic E-state index is 0.328. The van der Waals surface area contributed by atoms with Crippen molar-refractivity contribution in [3.05, 3.63) is 48.8 Å². The highest BCUT2D eigenvalue weighted by molar-refractivity contribution is 6.04. The zero-order chi connectivity index (χ0) is 20.4. The third-order valence-electron chi connectivity index (χ3n) is 4.52. The highest BCUT2D eigenvalue weighted by Gasteiger charge is 2.19. The van der Waals surface area contributed by atoms with Crippen LogP contribution in [0.3, 0.4) is 0 Å². The number of ether oxygens (including phenoxy) is 1. The van der Waals surface area contributed by atoms with E-state index in [2.05, 4.69) is 33.0 Å². The molecule has 2 aliphatic heterocycles. The summed E-state index contributed by atoms with van der Waals surface area (Å²) < 4.78 is 5.27. The molecule has 7 nitrogen and oxygen atoms in total. The number of hydrazine groups is 1. The maximum absolute atomic E-state index is 5.99. The summed E-state index contributed by atoms with van der Waals surface area (Å²) in [5.41, 5.74) is 10.7. The number of benzene rings is 1. The van der Waals surface area contributed by atoms with Crippen molar-refractivity contribution in [2.24, 2.45) is 15.7 Å². The lowest BCUT2D eigenvalue weighted by Gasteiger charge is -2.30. The van der Waals surface area contributed by atoms with E-state index >= 15 is 0 Å². The van der Waals surface area contributed by atoms with Gasteiger partial charge < -0.3 is 10.5 Å². The van der Waals surface area contributed by atoms with Crippen LogP contribution in [0.25, 0.3) is 0 Å². The van der Waals surface area contributed by atoms with Crippen molar-refractivity contribution in [3.63, 3.8) is 0 Å². The Morgan fingerprint density at radius 1 is 1.36 bits per heavy atom. The van der Waals surface area contributed by atoms with Crippen LogP contribution in [0.1, 0.15) is 26.7 Å². The summed E-state index contributed by atoms with van der Waals surface area (Å²) in [6.07, 6.45) is 7.52. The Labute approximate surface area is 168 Å². The Bertz CT molecular complexity index is 719. The summed E-state index contributed by atoms with van der Waals surface area (Å²) in [5, 5.41) is 1.82. The van der Waals surface area contributed by atoms with Crippen LogP contribution < -0.4 is 15.9 Å². The second kappa shape index (κ2) is 11.3. The highest BCUT2D eigenvalue weighted by atomic mass is 16.5. The highest BCUT2D eigenvalue weighted by Crippen LogP contribution is 2.22. The van der Waals surface area contributed by atoms with Crippen LogP contribution >= 0.6 is 0 Å². The molecule has 0 saturated carbocycles. The number of nitrogens with zero attached hydrogens (tertiary/aromatic N) is 4. The molecule has 7 heteroatoms. The van der Waals surface area contributed by atoms with Crippen molar-refractivity contribution in [1.29, 1.82) is 0 Å². The molecular weight excluding hydrogens is 352 g/mol. The number of likely N-dealkylation sites (tertiary alicyclic amines) is 1. The zero-order valence-electron chi connectivity index (χ0n) is 17.1. The van der Waals surface area contributed by atoms with Gasteiger partial charge in [-0.25, -0.2) is 9.98 Å². The van der Waals surface area contributed by atoms with Gasteiger partial charge in [-0.1, -0.05) is 26.5 Å². The molecule has 3 N–H and O–H groups in total. The van der Waals surface area contributed by atoms with Gasteiger partial charge in [0.25, 0.3) is 0 Å². The average molecular weight is 385 g/mol. The van der Waals surface area contributed by atoms with Gasteiger partial charge in [-0.2, -0.15) is 0 Å². The first-order valence-corrected chi connectivity index (χ1v) is 9.81. The van der Waals surface area contributed by atoms with Crippen LogP contribution in [-0.4, -0.2) is 54.9 Å². The summed E-state index contributed by atoms with van der Waals surface area (Å²) in [7, 11) is 1.64. The Morgan fingerprint density at radius 3 is 2.79 bits per heavy atom. The monoisotopic (exact) mass is 384 g/mol. The van der Waals surface area contributed by atoms with Crippen molar-refractivity contribution in [1.82, 2.24) is 15.3 Å². The van der Waals surface area contributed by atoms with Gasteiger partial charge in [-0.3, -0.25) is 15.3 Å². The van der Waals surface area contributed by atoms with E-state index in [0.29, 0.717) is 11.9 Å². The Hall–Kier alpha value is -2.64. The number of hydrogen-bond donors (Lipinski definition) is 2. The van der Waals surface area contributed by atoms with E-state index in [4.69, 9.17) is 10.5 Å². The van der Waals surface area contributed by atoms with E-state index in [-0.39, 0.29) is 0 Å². The van der Waals surface area contributed by atoms with Crippen LogP contribution in [0.4, 0.5) is 5.69 Å². The first-order valence-electron chi connectivity index (χ1n) is 9.81. The molecule has 0 spiro atoms. The summed E-state index contributed by atoms with van der Waals surface area (Å²) in [5.74, 6) is 1.39. The van der Waals surface area contributed by atoms with Crippen LogP contribution in [0.15, 0.2) is 58.8 Å². The predicted octanol–water partition coefficient (Wildman–Crippen LogP) is 3.05. The van der Waals surface area contributed by atoms with Crippen molar-refractivity contribution in [2.75, 3.05) is 26.7 Å². The molecule has 0 aromatic heterocycles. The number of methoxy groups -OCH3 is 1. The third kappa shape index (κ3) is 5.94. The standard InChI is InChI=1S/C19H26N6O.C2H6/c1-3-25-18(9-12-24-10-7-15(20)8-11-24)19(21-14-22-25)23-16-5-4-6-17(13-16)26-2;1-2/h3-6,9,13-15H,1,7-8,10-12,20H2,2H3,(H,21,22,23);1-2H3/b18-9+;. The van der Waals surface area contributed by atoms with Gasteiger partial charge in [-0.15, -0.1) is 0 Å². The fourth-order valence-electron chi connectivity index (χ4n) is 2.98. The zero-order valence-corrected chi connectivity index (χ0v) is 17.1. The molecule has 1 aromatic rings. The van der Waals surface area contributed by atoms with E-state index in [1.165, 1.54) is 0 Å². The number of rotatable bonds is 5. The number of nitrogens with two attached hydrogens (primary N) is 1. The number of nitrogens with one attached hydrogen (secondary N) is 1. The average Bonchev–Trinajstić information content (AvgIpc) is 2.75. The summed E-state index contributed by atoms with van der Waals surface area (Å²) in [6, 6.07) is 7.94. The molecule has 0 amide bonds. The second-order valence-electron chi connectivity index (χ2n) is 6.30. The van der Waals surface area contributed by atoms with Gasteiger partial charge in [0.05, 0.1) is 12.8 Å². The van der Waals surface area contributed by atoms with Gasteiger partial charge in [0.15, 0.2) is 5.84 Å². The van der Waals surface area contributed by atoms with E-state index in [9.17, 15) is 0 Å². The van der Waals surface area contributed by atoms with Crippen molar-refractivity contribution in [2.45, 2.75) is 32.7 Å². The Balaban J connectivity index is 0.00000136. The largest absolute Gasteiger partial charge is 0.497 e. The normalized spacial score (nSPS) is 20.5. The minimum Gasteiger partial charge on any atom is -0.497 e. The SMILES string of the molecule is C=CN1NC=NC(=Nc2cccc(OC)c2)/C1=C\CN1CCC(N)CC1.CC. The van der Waals surface area contributed by atoms with Gasteiger partial charge in [-0.05, 0) is 44.1 Å². The molecule has 0 radical (unpaired) electrons. The van der Waals surface area contributed by atoms with Crippen LogP contribution in [-0.2, 0) is 0 Å². The fraction of sp³-hybridized carbons (Fsp3) is 0.429. The second-order valence-corrected chi connectivity index (χ2v) is 6.30. The minimum atomic E-state index is 0.328. The first-order chi connectivity index (χ1) is 13.7. The predicted molar refractivity (Wildman–Crippen MR) is 117 cm³/mol. The molecule has 0 atom stereocenters. The molecule has 1 aromatic carbocycles. The number of amidine groups is 1. The van der Waals surface area contributed by atoms with Gasteiger partial charge in [0, 0.05) is 24.9 Å². The van der Waals surface area contributed by atoms with E-state index < -0.39 is 0 Å². The molecule has 1 saturated heterocycles. The molecule has 2 aliphatic rings. The van der Waals surface area contributed by atoms with Crippen LogP contribution in [0, 0.1) is 0 Å². The van der Waals surface area contributed by atoms with E-state index in [0.717, 1.165) is 49.6 Å². The van der Waals surface area contributed by atoms with Crippen molar-refractivity contribution >= 4 is 17.9 Å². The molecule has 3 rings (SSSR count). The molecular formula is C21H32N6O. The van der Waals surface area contributed by atoms with Crippen molar-refractivity contribution in [3.8, 4) is 5.75 Å². The molecule has 1 fully saturated rings. The summed E-state index contributed by atoms with van der Waals surface area (Å²) in [6.45, 7) is 10.7. The quantitative estimate of drug-likeness (QED) is 0.816. The lowest BCUT2D eigenvalue weighted by molar-refractivity contribution is 0.232. The Kier molecular flexibility index (Phi) is 8.71. The van der Waals surface area contributed by atoms with E-state index in [1.54, 1.807) is 19.6 Å². The maximum atomic E-state index is 5.99. The van der Waals surface area contributed by atoms with Crippen LogP contribution in [0.5, 0.6) is 5.75 Å². The lowest BCUT2D eigenvalue weighted by atomic mass is 10.1. The molecule has 0 unspecified atom stereocenters. The smallest absolute Gasteiger partial charge is 0.179 e. The van der Waals surface area contributed by atoms with Gasteiger partial charge in [0.1, 0.15) is 17.8 Å². The number of piperidine rings is 1. The Morgan fingerprint density at radius 2 is 2.11 bits per heavy atom.